The zero-order chi connectivity index (χ0) is 14.8. The van der Waals surface area contributed by atoms with E-state index in [4.69, 9.17) is 0 Å². The topological polar surface area (TPSA) is 12.0 Å². The van der Waals surface area contributed by atoms with E-state index in [9.17, 15) is 13.2 Å². The number of rotatable bonds is 5. The van der Waals surface area contributed by atoms with Crippen molar-refractivity contribution in [2.24, 2.45) is 5.92 Å². The molecule has 0 saturated heterocycles. The molecule has 20 heavy (non-hydrogen) atoms. The number of nitrogens with one attached hydrogen (secondary N) is 1. The molecule has 1 aliphatic carbocycles. The molecular weight excluding hydrogens is 331 g/mol. The van der Waals surface area contributed by atoms with Crippen molar-refractivity contribution in [1.29, 1.82) is 0 Å². The summed E-state index contributed by atoms with van der Waals surface area (Å²) in [6.07, 6.45) is 0.0316. The molecule has 0 radical (unpaired) electrons. The van der Waals surface area contributed by atoms with Gasteiger partial charge in [-0.2, -0.15) is 13.2 Å². The molecule has 1 saturated carbocycles. The molecule has 0 amide bonds. The van der Waals surface area contributed by atoms with Crippen molar-refractivity contribution in [3.8, 4) is 0 Å². The Kier molecular flexibility index (Phi) is 5.13. The van der Waals surface area contributed by atoms with Gasteiger partial charge in [0.2, 0.25) is 0 Å². The molecular formula is C15H19BrF3N. The van der Waals surface area contributed by atoms with Crippen molar-refractivity contribution in [2.75, 3.05) is 6.54 Å². The first-order valence-electron chi connectivity index (χ1n) is 7.03. The first kappa shape index (κ1) is 15.8. The van der Waals surface area contributed by atoms with Crippen LogP contribution < -0.4 is 5.32 Å². The van der Waals surface area contributed by atoms with E-state index in [1.165, 1.54) is 18.6 Å². The van der Waals surface area contributed by atoms with Crippen molar-refractivity contribution in [1.82, 2.24) is 5.32 Å². The van der Waals surface area contributed by atoms with Gasteiger partial charge < -0.3 is 5.32 Å². The molecule has 1 fully saturated rings. The molecule has 1 aromatic carbocycles. The largest absolute Gasteiger partial charge is 0.416 e. The van der Waals surface area contributed by atoms with E-state index in [1.807, 2.05) is 0 Å². The van der Waals surface area contributed by atoms with Gasteiger partial charge in [-0.1, -0.05) is 29.3 Å². The van der Waals surface area contributed by atoms with Gasteiger partial charge in [-0.25, -0.2) is 0 Å². The van der Waals surface area contributed by atoms with Crippen LogP contribution in [0.25, 0.3) is 0 Å². The smallest absolute Gasteiger partial charge is 0.310 e. The SMILES string of the molecule is CCCNC(c1cc(C(F)(F)F)ccc1Br)C1CCC1. The standard InChI is InChI=1S/C15H19BrF3N/c1-2-8-20-14(10-4-3-5-10)12-9-11(15(17,18)19)6-7-13(12)16/h6-7,9-10,14,20H,2-5,8H2,1H3. The molecule has 0 bridgehead atoms. The lowest BCUT2D eigenvalue weighted by Crippen LogP contribution is -2.33. The highest BCUT2D eigenvalue weighted by molar-refractivity contribution is 9.10. The molecule has 0 heterocycles. The predicted octanol–water partition coefficient (Wildman–Crippen LogP) is 5.31. The Morgan fingerprint density at radius 2 is 2.05 bits per heavy atom. The number of hydrogen-bond donors (Lipinski definition) is 1. The summed E-state index contributed by atoms with van der Waals surface area (Å²) in [6, 6.07) is 3.94. The second-order valence-electron chi connectivity index (χ2n) is 5.36. The summed E-state index contributed by atoms with van der Waals surface area (Å²) in [4.78, 5) is 0. The lowest BCUT2D eigenvalue weighted by atomic mass is 9.77. The van der Waals surface area contributed by atoms with Crippen LogP contribution in [0.1, 0.15) is 49.8 Å². The minimum Gasteiger partial charge on any atom is -0.310 e. The van der Waals surface area contributed by atoms with Crippen LogP contribution >= 0.6 is 15.9 Å². The van der Waals surface area contributed by atoms with E-state index in [-0.39, 0.29) is 6.04 Å². The Morgan fingerprint density at radius 1 is 1.35 bits per heavy atom. The Morgan fingerprint density at radius 3 is 2.55 bits per heavy atom. The van der Waals surface area contributed by atoms with E-state index in [0.29, 0.717) is 5.92 Å². The van der Waals surface area contributed by atoms with Crippen LogP contribution in [0.3, 0.4) is 0 Å². The number of alkyl halides is 3. The summed E-state index contributed by atoms with van der Waals surface area (Å²) in [5, 5.41) is 3.41. The van der Waals surface area contributed by atoms with Crippen LogP contribution in [0.5, 0.6) is 0 Å². The number of halogens is 4. The molecule has 1 N–H and O–H groups in total. The average molecular weight is 350 g/mol. The average Bonchev–Trinajstić information content (AvgIpc) is 2.31. The molecule has 0 spiro atoms. The second kappa shape index (κ2) is 6.48. The molecule has 5 heteroatoms. The summed E-state index contributed by atoms with van der Waals surface area (Å²) in [5.41, 5.74) is 0.163. The summed E-state index contributed by atoms with van der Waals surface area (Å²) in [6.45, 7) is 2.88. The van der Waals surface area contributed by atoms with E-state index in [0.717, 1.165) is 41.9 Å². The lowest BCUT2D eigenvalue weighted by molar-refractivity contribution is -0.137. The van der Waals surface area contributed by atoms with Gasteiger partial charge >= 0.3 is 6.18 Å². The highest BCUT2D eigenvalue weighted by atomic mass is 79.9. The third-order valence-corrected chi connectivity index (χ3v) is 4.62. The maximum atomic E-state index is 12.9. The molecule has 1 unspecified atom stereocenters. The Balaban J connectivity index is 2.30. The first-order chi connectivity index (χ1) is 9.43. The van der Waals surface area contributed by atoms with Crippen LogP contribution in [-0.2, 0) is 6.18 Å². The number of hydrogen-bond acceptors (Lipinski definition) is 1. The zero-order valence-electron chi connectivity index (χ0n) is 11.4. The molecule has 0 aliphatic heterocycles. The molecule has 1 aromatic rings. The normalized spacial score (nSPS) is 17.9. The van der Waals surface area contributed by atoms with E-state index in [1.54, 1.807) is 0 Å². The van der Waals surface area contributed by atoms with Gasteiger partial charge in [0.05, 0.1) is 5.56 Å². The van der Waals surface area contributed by atoms with Gasteiger partial charge in [0, 0.05) is 10.5 Å². The van der Waals surface area contributed by atoms with Gasteiger partial charge in [0.15, 0.2) is 0 Å². The third-order valence-electron chi connectivity index (χ3n) is 3.89. The third kappa shape index (κ3) is 3.55. The molecule has 112 valence electrons. The summed E-state index contributed by atoms with van der Waals surface area (Å²) >= 11 is 3.40. The highest BCUT2D eigenvalue weighted by Gasteiger charge is 2.34. The first-order valence-corrected chi connectivity index (χ1v) is 7.82. The molecule has 0 aromatic heterocycles. The maximum Gasteiger partial charge on any atom is 0.416 e. The van der Waals surface area contributed by atoms with Crippen molar-refractivity contribution >= 4 is 15.9 Å². The fraction of sp³-hybridized carbons (Fsp3) is 0.600. The lowest BCUT2D eigenvalue weighted by Gasteiger charge is -2.35. The van der Waals surface area contributed by atoms with Crippen LogP contribution in [0.2, 0.25) is 0 Å². The Hall–Kier alpha value is -0.550. The van der Waals surface area contributed by atoms with Gasteiger partial charge in [0.1, 0.15) is 0 Å². The Bertz CT molecular complexity index is 455. The van der Waals surface area contributed by atoms with Gasteiger partial charge in [-0.15, -0.1) is 0 Å². The maximum absolute atomic E-state index is 12.9. The van der Waals surface area contributed by atoms with Crippen molar-refractivity contribution in [3.05, 3.63) is 33.8 Å². The fourth-order valence-electron chi connectivity index (χ4n) is 2.56. The predicted molar refractivity (Wildman–Crippen MR) is 77.5 cm³/mol. The van der Waals surface area contributed by atoms with Crippen molar-refractivity contribution in [2.45, 2.75) is 44.8 Å². The fourth-order valence-corrected chi connectivity index (χ4v) is 3.06. The van der Waals surface area contributed by atoms with E-state index in [2.05, 4.69) is 28.2 Å². The van der Waals surface area contributed by atoms with Gasteiger partial charge in [-0.05, 0) is 55.5 Å². The van der Waals surface area contributed by atoms with E-state index < -0.39 is 11.7 Å². The minimum atomic E-state index is -4.29. The van der Waals surface area contributed by atoms with Crippen LogP contribution in [0.15, 0.2) is 22.7 Å². The van der Waals surface area contributed by atoms with Gasteiger partial charge in [0.25, 0.3) is 0 Å². The van der Waals surface area contributed by atoms with Crippen molar-refractivity contribution < 1.29 is 13.2 Å². The number of benzene rings is 1. The molecule has 1 nitrogen and oxygen atoms in total. The summed E-state index contributed by atoms with van der Waals surface area (Å²) < 4.78 is 39.4. The van der Waals surface area contributed by atoms with Gasteiger partial charge in [-0.3, -0.25) is 0 Å². The molecule has 1 atom stereocenters. The van der Waals surface area contributed by atoms with Crippen LogP contribution in [0, 0.1) is 5.92 Å². The summed E-state index contributed by atoms with van der Waals surface area (Å²) in [5.74, 6) is 0.446. The van der Waals surface area contributed by atoms with Crippen LogP contribution in [0.4, 0.5) is 13.2 Å². The summed E-state index contributed by atoms with van der Waals surface area (Å²) in [7, 11) is 0. The second-order valence-corrected chi connectivity index (χ2v) is 6.21. The zero-order valence-corrected chi connectivity index (χ0v) is 13.0. The molecule has 2 rings (SSSR count). The van der Waals surface area contributed by atoms with Crippen LogP contribution in [-0.4, -0.2) is 6.54 Å². The van der Waals surface area contributed by atoms with Crippen molar-refractivity contribution in [3.63, 3.8) is 0 Å². The Labute approximate surface area is 126 Å². The molecule has 1 aliphatic rings. The quantitative estimate of drug-likeness (QED) is 0.759. The minimum absolute atomic E-state index is 0.0142. The highest BCUT2D eigenvalue weighted by Crippen LogP contribution is 2.41. The van der Waals surface area contributed by atoms with E-state index >= 15 is 0 Å². The monoisotopic (exact) mass is 349 g/mol.